The minimum atomic E-state index is -0.412. The summed E-state index contributed by atoms with van der Waals surface area (Å²) in [5.41, 5.74) is 0.729. The normalized spacial score (nSPS) is 22.1. The van der Waals surface area contributed by atoms with E-state index in [0.717, 1.165) is 18.7 Å². The molecule has 0 bridgehead atoms. The highest BCUT2D eigenvalue weighted by Gasteiger charge is 2.39. The van der Waals surface area contributed by atoms with E-state index in [4.69, 9.17) is 9.47 Å². The number of likely N-dealkylation sites (N-methyl/N-ethyl adjacent to an activating group) is 1. The van der Waals surface area contributed by atoms with Crippen LogP contribution in [-0.4, -0.2) is 63.7 Å². The van der Waals surface area contributed by atoms with Crippen LogP contribution in [0.5, 0.6) is 11.5 Å². The molecule has 8 heteroatoms. The van der Waals surface area contributed by atoms with Gasteiger partial charge in [-0.3, -0.25) is 9.59 Å². The number of nitrogens with zero attached hydrogens (tertiary/aromatic N) is 2. The number of ether oxygens (including phenoxy) is 2. The molecule has 0 radical (unpaired) electrons. The zero-order chi connectivity index (χ0) is 18.0. The van der Waals surface area contributed by atoms with Gasteiger partial charge in [-0.1, -0.05) is 0 Å². The largest absolute Gasteiger partial charge is 0.497 e. The molecule has 1 aromatic carbocycles. The lowest BCUT2D eigenvalue weighted by Crippen LogP contribution is -2.45. The molecule has 1 N–H and O–H groups in total. The van der Waals surface area contributed by atoms with Gasteiger partial charge in [0.2, 0.25) is 11.8 Å². The van der Waals surface area contributed by atoms with Crippen molar-refractivity contribution in [2.75, 3.05) is 45.8 Å². The van der Waals surface area contributed by atoms with Crippen molar-refractivity contribution in [3.8, 4) is 11.5 Å². The van der Waals surface area contributed by atoms with Crippen LogP contribution in [0.25, 0.3) is 0 Å². The number of carbonyl (C=O) groups excluding carboxylic acids is 2. The second kappa shape index (κ2) is 8.60. The van der Waals surface area contributed by atoms with Gasteiger partial charge in [-0.25, -0.2) is 0 Å². The maximum absolute atomic E-state index is 12.9. The Morgan fingerprint density at radius 2 is 1.85 bits per heavy atom. The molecule has 2 aliphatic rings. The third-order valence-corrected chi connectivity index (χ3v) is 5.05. The van der Waals surface area contributed by atoms with Crippen LogP contribution in [0.2, 0.25) is 0 Å². The van der Waals surface area contributed by atoms with Crippen molar-refractivity contribution in [3.63, 3.8) is 0 Å². The molecular formula is C18H26ClN3O4. The van der Waals surface area contributed by atoms with E-state index >= 15 is 0 Å². The molecule has 0 saturated carbocycles. The first-order chi connectivity index (χ1) is 12.0. The summed E-state index contributed by atoms with van der Waals surface area (Å²) in [5.74, 6) is 1.23. The second-order valence-electron chi connectivity index (χ2n) is 6.50. The Morgan fingerprint density at radius 3 is 2.38 bits per heavy atom. The Labute approximate surface area is 160 Å². The van der Waals surface area contributed by atoms with Crippen molar-refractivity contribution < 1.29 is 19.1 Å². The van der Waals surface area contributed by atoms with E-state index in [9.17, 15) is 9.59 Å². The fraction of sp³-hybridized carbons (Fsp3) is 0.556. The van der Waals surface area contributed by atoms with Crippen LogP contribution in [0.3, 0.4) is 0 Å². The SMILES string of the molecule is COc1cc(OC)cc(N2CCC(N(C)C(=O)C3CCNC3)C2=O)c1.Cl. The van der Waals surface area contributed by atoms with Gasteiger partial charge in [-0.05, 0) is 19.4 Å². The van der Waals surface area contributed by atoms with Gasteiger partial charge in [0.1, 0.15) is 17.5 Å². The molecule has 2 heterocycles. The van der Waals surface area contributed by atoms with Crippen molar-refractivity contribution in [2.45, 2.75) is 18.9 Å². The Morgan fingerprint density at radius 1 is 1.19 bits per heavy atom. The van der Waals surface area contributed by atoms with E-state index in [0.29, 0.717) is 31.0 Å². The van der Waals surface area contributed by atoms with Gasteiger partial charge in [-0.15, -0.1) is 12.4 Å². The van der Waals surface area contributed by atoms with Crippen LogP contribution in [0.1, 0.15) is 12.8 Å². The molecule has 7 nitrogen and oxygen atoms in total. The fourth-order valence-corrected chi connectivity index (χ4v) is 3.54. The van der Waals surface area contributed by atoms with Crippen LogP contribution in [0, 0.1) is 5.92 Å². The van der Waals surface area contributed by atoms with Gasteiger partial charge in [-0.2, -0.15) is 0 Å². The van der Waals surface area contributed by atoms with Gasteiger partial charge in [0.25, 0.3) is 0 Å². The predicted molar refractivity (Wildman–Crippen MR) is 101 cm³/mol. The average Bonchev–Trinajstić information content (AvgIpc) is 3.29. The molecule has 0 aliphatic carbocycles. The number of methoxy groups -OCH3 is 2. The Bertz CT molecular complexity index is 642. The summed E-state index contributed by atoms with van der Waals surface area (Å²) >= 11 is 0. The van der Waals surface area contributed by atoms with E-state index in [1.807, 2.05) is 12.1 Å². The van der Waals surface area contributed by atoms with Crippen LogP contribution in [-0.2, 0) is 9.59 Å². The predicted octanol–water partition coefficient (Wildman–Crippen LogP) is 1.30. The van der Waals surface area contributed by atoms with Crippen molar-refractivity contribution in [3.05, 3.63) is 18.2 Å². The quantitative estimate of drug-likeness (QED) is 0.829. The maximum Gasteiger partial charge on any atom is 0.249 e. The summed E-state index contributed by atoms with van der Waals surface area (Å²) < 4.78 is 10.6. The average molecular weight is 384 g/mol. The van der Waals surface area contributed by atoms with Crippen molar-refractivity contribution in [1.29, 1.82) is 0 Å². The topological polar surface area (TPSA) is 71.1 Å². The van der Waals surface area contributed by atoms with Crippen molar-refractivity contribution >= 4 is 29.9 Å². The van der Waals surface area contributed by atoms with Crippen molar-refractivity contribution in [1.82, 2.24) is 10.2 Å². The Hall–Kier alpha value is -1.99. The number of halogens is 1. The summed E-state index contributed by atoms with van der Waals surface area (Å²) in [7, 11) is 4.89. The molecule has 144 valence electrons. The second-order valence-corrected chi connectivity index (χ2v) is 6.50. The lowest BCUT2D eigenvalue weighted by molar-refractivity contribution is -0.139. The van der Waals surface area contributed by atoms with Crippen LogP contribution in [0.4, 0.5) is 5.69 Å². The molecule has 0 aromatic heterocycles. The summed E-state index contributed by atoms with van der Waals surface area (Å²) in [5, 5.41) is 3.20. The molecule has 0 spiro atoms. The number of carbonyl (C=O) groups is 2. The Kier molecular flexibility index (Phi) is 6.72. The lowest BCUT2D eigenvalue weighted by atomic mass is 10.1. The first-order valence-electron chi connectivity index (χ1n) is 8.57. The van der Waals surface area contributed by atoms with Gasteiger partial charge in [0.05, 0.1) is 25.8 Å². The monoisotopic (exact) mass is 383 g/mol. The van der Waals surface area contributed by atoms with Gasteiger partial charge < -0.3 is 24.6 Å². The molecule has 2 aliphatic heterocycles. The van der Waals surface area contributed by atoms with Crippen LogP contribution >= 0.6 is 12.4 Å². The van der Waals surface area contributed by atoms with E-state index in [2.05, 4.69) is 5.32 Å². The number of benzene rings is 1. The number of hydrogen-bond donors (Lipinski definition) is 1. The van der Waals surface area contributed by atoms with E-state index in [1.165, 1.54) is 0 Å². The van der Waals surface area contributed by atoms with E-state index in [1.54, 1.807) is 37.1 Å². The molecule has 26 heavy (non-hydrogen) atoms. The molecule has 2 atom stereocenters. The van der Waals surface area contributed by atoms with Crippen molar-refractivity contribution in [2.24, 2.45) is 5.92 Å². The molecule has 2 saturated heterocycles. The lowest BCUT2D eigenvalue weighted by Gasteiger charge is -2.26. The molecule has 2 amide bonds. The number of rotatable bonds is 5. The van der Waals surface area contributed by atoms with Crippen LogP contribution in [0.15, 0.2) is 18.2 Å². The number of nitrogens with one attached hydrogen (secondary N) is 1. The molecular weight excluding hydrogens is 358 g/mol. The molecule has 1 aromatic rings. The van der Waals surface area contributed by atoms with Gasteiger partial charge in [0, 0.05) is 38.3 Å². The third kappa shape index (κ3) is 3.88. The summed E-state index contributed by atoms with van der Waals surface area (Å²) in [6.45, 7) is 2.12. The summed E-state index contributed by atoms with van der Waals surface area (Å²) in [6, 6.07) is 4.98. The summed E-state index contributed by atoms with van der Waals surface area (Å²) in [4.78, 5) is 28.8. The zero-order valence-corrected chi connectivity index (χ0v) is 16.2. The zero-order valence-electron chi connectivity index (χ0n) is 15.4. The first kappa shape index (κ1) is 20.3. The molecule has 3 rings (SSSR count). The highest BCUT2D eigenvalue weighted by molar-refractivity contribution is 6.01. The smallest absolute Gasteiger partial charge is 0.249 e. The van der Waals surface area contributed by atoms with Gasteiger partial charge in [0.15, 0.2) is 0 Å². The summed E-state index contributed by atoms with van der Waals surface area (Å²) in [6.07, 6.45) is 1.46. The minimum absolute atomic E-state index is 0. The maximum atomic E-state index is 12.9. The van der Waals surface area contributed by atoms with E-state index in [-0.39, 0.29) is 30.1 Å². The molecule has 2 fully saturated rings. The third-order valence-electron chi connectivity index (χ3n) is 5.05. The Balaban J connectivity index is 0.00000243. The van der Waals surface area contributed by atoms with E-state index < -0.39 is 6.04 Å². The van der Waals surface area contributed by atoms with Gasteiger partial charge >= 0.3 is 0 Å². The first-order valence-corrected chi connectivity index (χ1v) is 8.57. The fourth-order valence-electron chi connectivity index (χ4n) is 3.54. The highest BCUT2D eigenvalue weighted by atomic mass is 35.5. The standard InChI is InChI=1S/C18H25N3O4.ClH/c1-20(17(22)12-4-6-19-11-12)16-5-7-21(18(16)23)13-8-14(24-2)10-15(9-13)25-3;/h8-10,12,16,19H,4-7,11H2,1-3H3;1H. The number of hydrogen-bond acceptors (Lipinski definition) is 5. The molecule has 2 unspecified atom stereocenters. The highest BCUT2D eigenvalue weighted by Crippen LogP contribution is 2.32. The number of anilines is 1. The minimum Gasteiger partial charge on any atom is -0.497 e. The van der Waals surface area contributed by atoms with Crippen LogP contribution < -0.4 is 19.7 Å². The number of amides is 2.